The van der Waals surface area contributed by atoms with Crippen molar-refractivity contribution in [3.63, 3.8) is 0 Å². The summed E-state index contributed by atoms with van der Waals surface area (Å²) < 4.78 is 0. The van der Waals surface area contributed by atoms with Gasteiger partial charge in [-0.2, -0.15) is 0 Å². The number of rotatable bonds is 5. The molecule has 0 spiro atoms. The summed E-state index contributed by atoms with van der Waals surface area (Å²) in [5.74, 6) is 0.554. The van der Waals surface area contributed by atoms with Gasteiger partial charge in [-0.25, -0.2) is 9.97 Å². The van der Waals surface area contributed by atoms with Crippen molar-refractivity contribution in [1.82, 2.24) is 25.3 Å². The summed E-state index contributed by atoms with van der Waals surface area (Å²) in [6, 6.07) is 17.2. The average Bonchev–Trinajstić information content (AvgIpc) is 2.79. The lowest BCUT2D eigenvalue weighted by molar-refractivity contribution is 0.0950. The number of aryl methyl sites for hydroxylation is 1. The Balaban J connectivity index is 1.54. The van der Waals surface area contributed by atoms with E-state index in [0.717, 1.165) is 28.1 Å². The number of carbonyl (C=O) groups excluding carboxylic acids is 1. The first-order valence-corrected chi connectivity index (χ1v) is 9.23. The van der Waals surface area contributed by atoms with E-state index in [4.69, 9.17) is 0 Å². The summed E-state index contributed by atoms with van der Waals surface area (Å²) in [5, 5.41) is 2.91. The molecule has 3 aromatic heterocycles. The number of nitrogens with one attached hydrogen (secondary N) is 1. The van der Waals surface area contributed by atoms with Crippen LogP contribution in [0.3, 0.4) is 0 Å². The van der Waals surface area contributed by atoms with Gasteiger partial charge in [-0.3, -0.25) is 14.8 Å². The lowest BCUT2D eigenvalue weighted by Crippen LogP contribution is -2.22. The summed E-state index contributed by atoms with van der Waals surface area (Å²) in [7, 11) is 0. The van der Waals surface area contributed by atoms with Crippen LogP contribution in [0.1, 0.15) is 21.7 Å². The molecule has 4 rings (SSSR count). The third kappa shape index (κ3) is 4.32. The van der Waals surface area contributed by atoms with Crippen LogP contribution < -0.4 is 5.32 Å². The molecule has 6 nitrogen and oxygen atoms in total. The fourth-order valence-corrected chi connectivity index (χ4v) is 2.96. The van der Waals surface area contributed by atoms with E-state index < -0.39 is 0 Å². The number of nitrogens with zero attached hydrogens (tertiary/aromatic N) is 4. The fraction of sp³-hybridized carbons (Fsp3) is 0.0870. The van der Waals surface area contributed by atoms with E-state index in [1.54, 1.807) is 30.7 Å². The van der Waals surface area contributed by atoms with E-state index in [1.807, 2.05) is 55.6 Å². The van der Waals surface area contributed by atoms with Crippen LogP contribution in [0.5, 0.6) is 0 Å². The number of aromatic nitrogens is 4. The van der Waals surface area contributed by atoms with Crippen LogP contribution in [-0.2, 0) is 6.54 Å². The summed E-state index contributed by atoms with van der Waals surface area (Å²) in [6.07, 6.45) is 6.76. The first kappa shape index (κ1) is 18.4. The second-order valence-corrected chi connectivity index (χ2v) is 6.52. The van der Waals surface area contributed by atoms with Crippen LogP contribution in [0.4, 0.5) is 0 Å². The Labute approximate surface area is 168 Å². The monoisotopic (exact) mass is 381 g/mol. The maximum atomic E-state index is 12.2. The smallest absolute Gasteiger partial charge is 0.253 e. The van der Waals surface area contributed by atoms with Crippen molar-refractivity contribution in [2.24, 2.45) is 0 Å². The van der Waals surface area contributed by atoms with Crippen molar-refractivity contribution in [1.29, 1.82) is 0 Å². The van der Waals surface area contributed by atoms with E-state index in [9.17, 15) is 4.79 Å². The van der Waals surface area contributed by atoms with E-state index in [1.165, 1.54) is 0 Å². The topological polar surface area (TPSA) is 80.7 Å². The van der Waals surface area contributed by atoms with Gasteiger partial charge in [0.15, 0.2) is 0 Å². The van der Waals surface area contributed by atoms with Crippen molar-refractivity contribution in [3.05, 3.63) is 96.3 Å². The molecule has 0 saturated heterocycles. The third-order valence-electron chi connectivity index (χ3n) is 4.45. The highest BCUT2D eigenvalue weighted by atomic mass is 16.1. The zero-order valence-corrected chi connectivity index (χ0v) is 15.9. The molecule has 142 valence electrons. The third-order valence-corrected chi connectivity index (χ3v) is 4.45. The highest BCUT2D eigenvalue weighted by molar-refractivity contribution is 5.93. The van der Waals surface area contributed by atoms with Crippen LogP contribution >= 0.6 is 0 Å². The van der Waals surface area contributed by atoms with Gasteiger partial charge in [0.25, 0.3) is 5.91 Å². The first-order chi connectivity index (χ1) is 14.2. The van der Waals surface area contributed by atoms with E-state index in [0.29, 0.717) is 17.9 Å². The summed E-state index contributed by atoms with van der Waals surface area (Å²) in [5.41, 5.74) is 5.06. The lowest BCUT2D eigenvalue weighted by atomic mass is 10.0. The normalized spacial score (nSPS) is 10.5. The molecular formula is C23H19N5O. The Morgan fingerprint density at radius 3 is 2.52 bits per heavy atom. The Kier molecular flexibility index (Phi) is 5.33. The molecule has 0 aliphatic heterocycles. The molecule has 1 amide bonds. The maximum Gasteiger partial charge on any atom is 0.253 e. The minimum atomic E-state index is -0.147. The number of pyridine rings is 2. The Morgan fingerprint density at radius 2 is 1.79 bits per heavy atom. The standard InChI is InChI=1S/C23H19N5O/c1-16-26-15-20(21-6-2-3-12-25-21)22(28-16)18-9-7-17(8-10-18)13-27-23(29)19-5-4-11-24-14-19/h2-12,14-15H,13H2,1H3,(H,27,29). The highest BCUT2D eigenvalue weighted by Crippen LogP contribution is 2.28. The van der Waals surface area contributed by atoms with Gasteiger partial charge in [0, 0.05) is 42.5 Å². The predicted molar refractivity (Wildman–Crippen MR) is 111 cm³/mol. The zero-order chi connectivity index (χ0) is 20.1. The van der Waals surface area contributed by atoms with Crippen LogP contribution in [0, 0.1) is 6.92 Å². The largest absolute Gasteiger partial charge is 0.348 e. The van der Waals surface area contributed by atoms with Crippen LogP contribution in [0.2, 0.25) is 0 Å². The maximum absolute atomic E-state index is 12.2. The molecule has 0 bridgehead atoms. The second kappa shape index (κ2) is 8.39. The van der Waals surface area contributed by atoms with E-state index in [2.05, 4.69) is 25.3 Å². The van der Waals surface area contributed by atoms with Crippen molar-refractivity contribution in [2.75, 3.05) is 0 Å². The lowest BCUT2D eigenvalue weighted by Gasteiger charge is -2.10. The van der Waals surface area contributed by atoms with Crippen molar-refractivity contribution >= 4 is 5.91 Å². The molecule has 29 heavy (non-hydrogen) atoms. The van der Waals surface area contributed by atoms with Gasteiger partial charge in [0.05, 0.1) is 17.0 Å². The van der Waals surface area contributed by atoms with E-state index in [-0.39, 0.29) is 5.91 Å². The number of amides is 1. The first-order valence-electron chi connectivity index (χ1n) is 9.23. The van der Waals surface area contributed by atoms with Gasteiger partial charge in [0.2, 0.25) is 0 Å². The SMILES string of the molecule is Cc1ncc(-c2ccccn2)c(-c2ccc(CNC(=O)c3cccnc3)cc2)n1. The number of carbonyl (C=O) groups is 1. The van der Waals surface area contributed by atoms with E-state index >= 15 is 0 Å². The molecule has 0 fully saturated rings. The Hall–Kier alpha value is -3.93. The molecule has 0 saturated carbocycles. The van der Waals surface area contributed by atoms with Gasteiger partial charge in [-0.05, 0) is 36.8 Å². The van der Waals surface area contributed by atoms with Gasteiger partial charge >= 0.3 is 0 Å². The van der Waals surface area contributed by atoms with Gasteiger partial charge in [-0.1, -0.05) is 30.3 Å². The summed E-state index contributed by atoms with van der Waals surface area (Å²) >= 11 is 0. The summed E-state index contributed by atoms with van der Waals surface area (Å²) in [4.78, 5) is 29.5. The zero-order valence-electron chi connectivity index (χ0n) is 15.9. The molecule has 4 aromatic rings. The van der Waals surface area contributed by atoms with Crippen molar-refractivity contribution in [2.45, 2.75) is 13.5 Å². The molecule has 1 aromatic carbocycles. The predicted octanol–water partition coefficient (Wildman–Crippen LogP) is 3.84. The highest BCUT2D eigenvalue weighted by Gasteiger charge is 2.12. The molecule has 0 aliphatic carbocycles. The summed E-state index contributed by atoms with van der Waals surface area (Å²) in [6.45, 7) is 2.30. The van der Waals surface area contributed by atoms with Crippen LogP contribution in [0.15, 0.2) is 79.4 Å². The molecule has 3 heterocycles. The van der Waals surface area contributed by atoms with Crippen LogP contribution in [0.25, 0.3) is 22.5 Å². The second-order valence-electron chi connectivity index (χ2n) is 6.52. The Bertz CT molecular complexity index is 1110. The average molecular weight is 381 g/mol. The fourth-order valence-electron chi connectivity index (χ4n) is 2.96. The molecule has 0 atom stereocenters. The molecule has 6 heteroatoms. The Morgan fingerprint density at radius 1 is 0.931 bits per heavy atom. The van der Waals surface area contributed by atoms with Crippen LogP contribution in [-0.4, -0.2) is 25.8 Å². The molecule has 0 aliphatic rings. The quantitative estimate of drug-likeness (QED) is 0.568. The number of hydrogen-bond donors (Lipinski definition) is 1. The molecule has 0 unspecified atom stereocenters. The van der Waals surface area contributed by atoms with Crippen molar-refractivity contribution < 1.29 is 4.79 Å². The van der Waals surface area contributed by atoms with Gasteiger partial charge in [-0.15, -0.1) is 0 Å². The minimum Gasteiger partial charge on any atom is -0.348 e. The van der Waals surface area contributed by atoms with Gasteiger partial charge in [0.1, 0.15) is 5.82 Å². The number of hydrogen-bond acceptors (Lipinski definition) is 5. The van der Waals surface area contributed by atoms with Gasteiger partial charge < -0.3 is 5.32 Å². The molecule has 1 N–H and O–H groups in total. The van der Waals surface area contributed by atoms with Crippen molar-refractivity contribution in [3.8, 4) is 22.5 Å². The molecular weight excluding hydrogens is 362 g/mol. The molecule has 0 radical (unpaired) electrons. The minimum absolute atomic E-state index is 0.147. The number of benzene rings is 1.